The van der Waals surface area contributed by atoms with E-state index in [2.05, 4.69) is 12.2 Å². The smallest absolute Gasteiger partial charge is 0.337 e. The van der Waals surface area contributed by atoms with Crippen molar-refractivity contribution in [2.75, 3.05) is 6.61 Å². The van der Waals surface area contributed by atoms with Gasteiger partial charge < -0.3 is 26.0 Å². The molecule has 1 aliphatic heterocycles. The molecule has 0 fully saturated rings. The molecular weight excluding hydrogens is 320 g/mol. The second kappa shape index (κ2) is 10.5. The number of hydrogen-bond donors (Lipinski definition) is 4. The molecule has 5 N–H and O–H groups in total. The number of dihydropyridines is 1. The summed E-state index contributed by atoms with van der Waals surface area (Å²) < 4.78 is 5.73. The lowest BCUT2D eigenvalue weighted by Gasteiger charge is -2.34. The monoisotopic (exact) mass is 354 g/mol. The van der Waals surface area contributed by atoms with Gasteiger partial charge in [-0.2, -0.15) is 0 Å². The minimum atomic E-state index is -1.98. The van der Waals surface area contributed by atoms with E-state index >= 15 is 0 Å². The lowest BCUT2D eigenvalue weighted by Crippen LogP contribution is -2.57. The van der Waals surface area contributed by atoms with Crippen molar-refractivity contribution < 1.29 is 19.7 Å². The van der Waals surface area contributed by atoms with E-state index in [1.54, 1.807) is 6.20 Å². The van der Waals surface area contributed by atoms with Crippen LogP contribution in [-0.2, 0) is 9.53 Å². The first-order chi connectivity index (χ1) is 11.8. The Bertz CT molecular complexity index is 476. The summed E-state index contributed by atoms with van der Waals surface area (Å²) in [6.45, 7) is 6.71. The van der Waals surface area contributed by atoms with Gasteiger partial charge in [0.15, 0.2) is 5.60 Å². The molecule has 1 rings (SSSR count). The summed E-state index contributed by atoms with van der Waals surface area (Å²) in [5.74, 6) is -0.379. The van der Waals surface area contributed by atoms with Crippen LogP contribution >= 0.6 is 0 Å². The molecule has 3 atom stereocenters. The Morgan fingerprint density at radius 1 is 1.40 bits per heavy atom. The molecule has 0 amide bonds. The van der Waals surface area contributed by atoms with Crippen molar-refractivity contribution in [2.45, 2.75) is 77.0 Å². The van der Waals surface area contributed by atoms with Crippen LogP contribution in [-0.4, -0.2) is 40.5 Å². The summed E-state index contributed by atoms with van der Waals surface area (Å²) in [7, 11) is 0. The van der Waals surface area contributed by atoms with Gasteiger partial charge in [-0.15, -0.1) is 0 Å². The van der Waals surface area contributed by atoms with E-state index in [4.69, 9.17) is 10.5 Å². The predicted octanol–water partition coefficient (Wildman–Crippen LogP) is 2.53. The topological polar surface area (TPSA) is 105 Å². The first-order valence-corrected chi connectivity index (χ1v) is 9.28. The average molecular weight is 354 g/mol. The zero-order valence-electron chi connectivity index (χ0n) is 15.7. The molecule has 0 saturated heterocycles. The summed E-state index contributed by atoms with van der Waals surface area (Å²) >= 11 is 0. The molecule has 0 spiro atoms. The van der Waals surface area contributed by atoms with Gasteiger partial charge in [-0.05, 0) is 30.9 Å². The van der Waals surface area contributed by atoms with E-state index in [9.17, 15) is 15.0 Å². The van der Waals surface area contributed by atoms with Crippen LogP contribution in [0.1, 0.15) is 59.3 Å². The summed E-state index contributed by atoms with van der Waals surface area (Å²) in [5, 5.41) is 23.2. The number of nitrogens with two attached hydrogens (primary N) is 1. The van der Waals surface area contributed by atoms with Crippen molar-refractivity contribution in [3.05, 3.63) is 24.1 Å². The number of aliphatic carboxylic acids is 1. The second-order valence-electron chi connectivity index (χ2n) is 7.25. The lowest BCUT2D eigenvalue weighted by molar-refractivity contribution is -0.162. The van der Waals surface area contributed by atoms with Crippen LogP contribution in [0.3, 0.4) is 0 Å². The minimum Gasteiger partial charge on any atom is -0.494 e. The van der Waals surface area contributed by atoms with E-state index in [0.717, 1.165) is 12.8 Å². The Morgan fingerprint density at radius 2 is 2.12 bits per heavy atom. The molecule has 0 aliphatic carbocycles. The number of carboxylic acid groups (broad SMARTS) is 1. The number of carboxylic acids is 1. The van der Waals surface area contributed by atoms with Crippen molar-refractivity contribution >= 4 is 5.97 Å². The summed E-state index contributed by atoms with van der Waals surface area (Å²) in [6, 6.07) is -1.17. The number of carbonyl (C=O) groups is 1. The number of allylic oxidation sites excluding steroid dienone is 1. The van der Waals surface area contributed by atoms with E-state index in [1.165, 1.54) is 12.8 Å². The zero-order chi connectivity index (χ0) is 18.9. The third-order valence-electron chi connectivity index (χ3n) is 4.43. The fourth-order valence-corrected chi connectivity index (χ4v) is 2.92. The summed E-state index contributed by atoms with van der Waals surface area (Å²) in [4.78, 5) is 11.6. The molecule has 6 heteroatoms. The molecule has 1 unspecified atom stereocenters. The van der Waals surface area contributed by atoms with Crippen LogP contribution in [0.4, 0.5) is 0 Å². The highest BCUT2D eigenvalue weighted by Gasteiger charge is 2.44. The Balaban J connectivity index is 2.65. The van der Waals surface area contributed by atoms with Gasteiger partial charge in [0.2, 0.25) is 0 Å². The number of hydrogen-bond acceptors (Lipinski definition) is 5. The van der Waals surface area contributed by atoms with Crippen LogP contribution < -0.4 is 11.1 Å². The third kappa shape index (κ3) is 7.08. The molecular formula is C19H34N2O4. The van der Waals surface area contributed by atoms with E-state index < -0.39 is 17.6 Å². The predicted molar refractivity (Wildman–Crippen MR) is 98.9 cm³/mol. The van der Waals surface area contributed by atoms with Gasteiger partial charge in [0.1, 0.15) is 5.76 Å². The van der Waals surface area contributed by atoms with Gasteiger partial charge in [-0.3, -0.25) is 0 Å². The molecule has 0 saturated carbocycles. The number of ether oxygens (including phenoxy) is 1. The SMILES string of the molecule is CCCCCCOC1=CC(C[C@](O)(C(=O)O)[C@@H](N)CC(C)C)NC=C1. The van der Waals surface area contributed by atoms with Crippen molar-refractivity contribution in [3.8, 4) is 0 Å². The standard InChI is InChI=1S/C19H34N2O4/c1-4-5-6-7-10-25-16-8-9-21-15(12-16)13-19(24,18(22)23)17(20)11-14(2)3/h8-9,12,14-15,17,21,24H,4-7,10-11,13,20H2,1-3H3,(H,22,23)/t15?,17-,19+/m0/s1. The van der Waals surface area contributed by atoms with Crippen LogP contribution in [0.5, 0.6) is 0 Å². The fraction of sp³-hybridized carbons (Fsp3) is 0.737. The molecule has 1 heterocycles. The second-order valence-corrected chi connectivity index (χ2v) is 7.25. The lowest BCUT2D eigenvalue weighted by atomic mass is 9.83. The van der Waals surface area contributed by atoms with Crippen molar-refractivity contribution in [1.82, 2.24) is 5.32 Å². The highest BCUT2D eigenvalue weighted by Crippen LogP contribution is 2.24. The van der Waals surface area contributed by atoms with Gasteiger partial charge in [-0.25, -0.2) is 4.79 Å². The fourth-order valence-electron chi connectivity index (χ4n) is 2.92. The highest BCUT2D eigenvalue weighted by atomic mass is 16.5. The van der Waals surface area contributed by atoms with Gasteiger partial charge in [0.25, 0.3) is 0 Å². The zero-order valence-corrected chi connectivity index (χ0v) is 15.7. The molecule has 6 nitrogen and oxygen atoms in total. The van der Waals surface area contributed by atoms with E-state index in [1.807, 2.05) is 26.0 Å². The first kappa shape index (κ1) is 21.5. The van der Waals surface area contributed by atoms with Crippen LogP contribution in [0.25, 0.3) is 0 Å². The highest BCUT2D eigenvalue weighted by molar-refractivity contribution is 5.78. The minimum absolute atomic E-state index is 0.0107. The number of aliphatic hydroxyl groups is 1. The molecule has 0 aromatic rings. The van der Waals surface area contributed by atoms with Gasteiger partial charge >= 0.3 is 5.97 Å². The van der Waals surface area contributed by atoms with E-state index in [-0.39, 0.29) is 18.4 Å². The summed E-state index contributed by atoms with van der Waals surface area (Å²) in [6.07, 6.45) is 10.3. The molecule has 25 heavy (non-hydrogen) atoms. The number of rotatable bonds is 12. The Morgan fingerprint density at radius 3 is 2.72 bits per heavy atom. The number of nitrogens with one attached hydrogen (secondary N) is 1. The third-order valence-corrected chi connectivity index (χ3v) is 4.43. The van der Waals surface area contributed by atoms with Gasteiger partial charge in [-0.1, -0.05) is 40.0 Å². The van der Waals surface area contributed by atoms with Crippen molar-refractivity contribution in [1.29, 1.82) is 0 Å². The molecule has 0 aromatic carbocycles. The van der Waals surface area contributed by atoms with Gasteiger partial charge in [0, 0.05) is 18.7 Å². The van der Waals surface area contributed by atoms with Crippen molar-refractivity contribution in [2.24, 2.45) is 11.7 Å². The van der Waals surface area contributed by atoms with Crippen LogP contribution in [0.15, 0.2) is 24.1 Å². The van der Waals surface area contributed by atoms with Gasteiger partial charge in [0.05, 0.1) is 12.6 Å². The largest absolute Gasteiger partial charge is 0.494 e. The first-order valence-electron chi connectivity index (χ1n) is 9.28. The van der Waals surface area contributed by atoms with E-state index in [0.29, 0.717) is 18.8 Å². The Hall–Kier alpha value is -1.53. The Labute approximate surface area is 151 Å². The molecule has 0 radical (unpaired) electrons. The summed E-state index contributed by atoms with van der Waals surface area (Å²) in [5.41, 5.74) is 4.03. The normalized spacial score (nSPS) is 20.6. The maximum absolute atomic E-state index is 11.6. The molecule has 0 bridgehead atoms. The average Bonchev–Trinajstić information content (AvgIpc) is 2.54. The Kier molecular flexibility index (Phi) is 9.00. The maximum Gasteiger partial charge on any atom is 0.337 e. The molecule has 0 aromatic heterocycles. The number of unbranched alkanes of at least 4 members (excludes halogenated alkanes) is 3. The van der Waals surface area contributed by atoms with Crippen molar-refractivity contribution in [3.63, 3.8) is 0 Å². The quantitative estimate of drug-likeness (QED) is 0.401. The maximum atomic E-state index is 11.6. The van der Waals surface area contributed by atoms with Crippen LogP contribution in [0, 0.1) is 5.92 Å². The van der Waals surface area contributed by atoms with Crippen LogP contribution in [0.2, 0.25) is 0 Å². The molecule has 1 aliphatic rings. The molecule has 144 valence electrons.